The van der Waals surface area contributed by atoms with Gasteiger partial charge in [-0.3, -0.25) is 14.6 Å². The number of nitrogens with zero attached hydrogens (tertiary/aromatic N) is 3. The van der Waals surface area contributed by atoms with Crippen molar-refractivity contribution in [2.45, 2.75) is 6.92 Å². The smallest absolute Gasteiger partial charge is 0.244 e. The van der Waals surface area contributed by atoms with Crippen LogP contribution >= 0.6 is 0 Å². The van der Waals surface area contributed by atoms with Crippen molar-refractivity contribution in [3.8, 4) is 0 Å². The van der Waals surface area contributed by atoms with Gasteiger partial charge in [0.2, 0.25) is 11.8 Å². The number of carbonyl (C=O) groups is 2. The van der Waals surface area contributed by atoms with E-state index in [1.807, 2.05) is 67.5 Å². The van der Waals surface area contributed by atoms with Crippen LogP contribution in [0.4, 0.5) is 17.1 Å². The van der Waals surface area contributed by atoms with Crippen LogP contribution in [0.15, 0.2) is 60.8 Å². The van der Waals surface area contributed by atoms with Crippen LogP contribution in [0.2, 0.25) is 0 Å². The van der Waals surface area contributed by atoms with Gasteiger partial charge in [0.15, 0.2) is 0 Å². The second-order valence-corrected chi connectivity index (χ2v) is 6.45. The molecule has 0 bridgehead atoms. The maximum absolute atomic E-state index is 12.5. The lowest BCUT2D eigenvalue weighted by molar-refractivity contribution is -0.120. The van der Waals surface area contributed by atoms with Gasteiger partial charge in [0.05, 0.1) is 11.2 Å². The quantitative estimate of drug-likeness (QED) is 0.756. The molecular formula is C21H22N4O2. The average Bonchev–Trinajstić information content (AvgIpc) is 2.66. The van der Waals surface area contributed by atoms with Crippen molar-refractivity contribution in [2.24, 2.45) is 0 Å². The van der Waals surface area contributed by atoms with Crippen LogP contribution in [-0.2, 0) is 9.59 Å². The SMILES string of the molecule is CC(=O)N(CC(=O)Nc1ccc(N(C)C)cc1)c1cccc2cccnc12. The fourth-order valence-corrected chi connectivity index (χ4v) is 2.86. The lowest BCUT2D eigenvalue weighted by atomic mass is 10.1. The van der Waals surface area contributed by atoms with Crippen LogP contribution < -0.4 is 15.1 Å². The third-order valence-corrected chi connectivity index (χ3v) is 4.25. The van der Waals surface area contributed by atoms with Gasteiger partial charge < -0.3 is 15.1 Å². The number of carbonyl (C=O) groups excluding carboxylic acids is 2. The van der Waals surface area contributed by atoms with E-state index in [0.717, 1.165) is 11.1 Å². The second kappa shape index (κ2) is 7.86. The number of anilines is 3. The van der Waals surface area contributed by atoms with E-state index in [4.69, 9.17) is 0 Å². The highest BCUT2D eigenvalue weighted by Gasteiger charge is 2.18. The van der Waals surface area contributed by atoms with Crippen molar-refractivity contribution in [1.29, 1.82) is 0 Å². The standard InChI is InChI=1S/C21H22N4O2/c1-15(26)25(19-8-4-6-16-7-5-13-22-21(16)19)14-20(27)23-17-9-11-18(12-10-17)24(2)3/h4-13H,14H2,1-3H3,(H,23,27). The Morgan fingerprint density at radius 2 is 1.70 bits per heavy atom. The van der Waals surface area contributed by atoms with E-state index in [0.29, 0.717) is 16.9 Å². The molecule has 0 unspecified atom stereocenters. The molecule has 1 aromatic heterocycles. The van der Waals surface area contributed by atoms with Gasteiger partial charge in [-0.15, -0.1) is 0 Å². The first kappa shape index (κ1) is 18.4. The molecule has 3 rings (SSSR count). The van der Waals surface area contributed by atoms with E-state index in [9.17, 15) is 9.59 Å². The zero-order chi connectivity index (χ0) is 19.4. The fourth-order valence-electron chi connectivity index (χ4n) is 2.86. The Morgan fingerprint density at radius 3 is 2.37 bits per heavy atom. The summed E-state index contributed by atoms with van der Waals surface area (Å²) in [7, 11) is 3.91. The fraction of sp³-hybridized carbons (Fsp3) is 0.190. The Kier molecular flexibility index (Phi) is 5.35. The molecule has 27 heavy (non-hydrogen) atoms. The number of rotatable bonds is 5. The van der Waals surface area contributed by atoms with Crippen molar-refractivity contribution in [3.05, 3.63) is 60.8 Å². The molecule has 0 saturated heterocycles. The number of benzene rings is 2. The molecule has 2 aromatic carbocycles. The van der Waals surface area contributed by atoms with Crippen LogP contribution in [0, 0.1) is 0 Å². The predicted octanol–water partition coefficient (Wildman–Crippen LogP) is 3.29. The molecule has 0 aliphatic heterocycles. The Balaban J connectivity index is 1.80. The van der Waals surface area contributed by atoms with Crippen molar-refractivity contribution in [1.82, 2.24) is 4.98 Å². The molecule has 0 aliphatic carbocycles. The molecule has 0 radical (unpaired) electrons. The van der Waals surface area contributed by atoms with E-state index in [-0.39, 0.29) is 18.4 Å². The lowest BCUT2D eigenvalue weighted by Crippen LogP contribution is -2.36. The number of para-hydroxylation sites is 1. The summed E-state index contributed by atoms with van der Waals surface area (Å²) in [5.74, 6) is -0.484. The lowest BCUT2D eigenvalue weighted by Gasteiger charge is -2.22. The summed E-state index contributed by atoms with van der Waals surface area (Å²) < 4.78 is 0. The van der Waals surface area contributed by atoms with E-state index < -0.39 is 0 Å². The summed E-state index contributed by atoms with van der Waals surface area (Å²) >= 11 is 0. The molecule has 2 amide bonds. The molecule has 6 heteroatoms. The molecule has 0 fully saturated rings. The molecule has 0 saturated carbocycles. The summed E-state index contributed by atoms with van der Waals surface area (Å²) in [5, 5.41) is 3.76. The monoisotopic (exact) mass is 362 g/mol. The molecule has 0 atom stereocenters. The van der Waals surface area contributed by atoms with Crippen molar-refractivity contribution < 1.29 is 9.59 Å². The second-order valence-electron chi connectivity index (χ2n) is 6.45. The molecule has 0 aliphatic rings. The van der Waals surface area contributed by atoms with Gasteiger partial charge in [-0.05, 0) is 36.4 Å². The van der Waals surface area contributed by atoms with Crippen molar-refractivity contribution >= 4 is 39.8 Å². The Hall–Kier alpha value is -3.41. The van der Waals surface area contributed by atoms with E-state index in [1.165, 1.54) is 11.8 Å². The average molecular weight is 362 g/mol. The number of aromatic nitrogens is 1. The normalized spacial score (nSPS) is 10.5. The van der Waals surface area contributed by atoms with E-state index in [1.54, 1.807) is 12.3 Å². The van der Waals surface area contributed by atoms with Gasteiger partial charge in [0, 0.05) is 44.0 Å². The van der Waals surface area contributed by atoms with Crippen LogP contribution in [-0.4, -0.2) is 37.4 Å². The Bertz CT molecular complexity index is 962. The summed E-state index contributed by atoms with van der Waals surface area (Å²) in [6.45, 7) is 1.36. The van der Waals surface area contributed by atoms with Gasteiger partial charge in [0.25, 0.3) is 0 Å². The Morgan fingerprint density at radius 1 is 1.00 bits per heavy atom. The predicted molar refractivity (Wildman–Crippen MR) is 109 cm³/mol. The number of hydrogen-bond acceptors (Lipinski definition) is 4. The molecule has 1 N–H and O–H groups in total. The molecule has 0 spiro atoms. The van der Waals surface area contributed by atoms with Gasteiger partial charge in [-0.1, -0.05) is 18.2 Å². The zero-order valence-electron chi connectivity index (χ0n) is 15.6. The number of pyridine rings is 1. The maximum Gasteiger partial charge on any atom is 0.244 e. The minimum atomic E-state index is -0.268. The number of nitrogens with one attached hydrogen (secondary N) is 1. The van der Waals surface area contributed by atoms with Crippen LogP contribution in [0.3, 0.4) is 0 Å². The van der Waals surface area contributed by atoms with Gasteiger partial charge >= 0.3 is 0 Å². The maximum atomic E-state index is 12.5. The first-order valence-electron chi connectivity index (χ1n) is 8.65. The molecule has 6 nitrogen and oxygen atoms in total. The first-order valence-corrected chi connectivity index (χ1v) is 8.65. The highest BCUT2D eigenvalue weighted by Crippen LogP contribution is 2.25. The highest BCUT2D eigenvalue weighted by molar-refractivity contribution is 6.06. The summed E-state index contributed by atoms with van der Waals surface area (Å²) in [5.41, 5.74) is 3.04. The number of fused-ring (bicyclic) bond motifs is 1. The highest BCUT2D eigenvalue weighted by atomic mass is 16.2. The van der Waals surface area contributed by atoms with Gasteiger partial charge in [-0.25, -0.2) is 0 Å². The minimum Gasteiger partial charge on any atom is -0.378 e. The van der Waals surface area contributed by atoms with Crippen LogP contribution in [0.5, 0.6) is 0 Å². The van der Waals surface area contributed by atoms with Gasteiger partial charge in [-0.2, -0.15) is 0 Å². The van der Waals surface area contributed by atoms with E-state index >= 15 is 0 Å². The van der Waals surface area contributed by atoms with Crippen molar-refractivity contribution in [3.63, 3.8) is 0 Å². The molecule has 3 aromatic rings. The molecular weight excluding hydrogens is 340 g/mol. The summed E-state index contributed by atoms with van der Waals surface area (Å²) in [6.07, 6.45) is 1.68. The van der Waals surface area contributed by atoms with Crippen molar-refractivity contribution in [2.75, 3.05) is 35.8 Å². The molecule has 138 valence electrons. The Labute approximate surface area is 158 Å². The van der Waals surface area contributed by atoms with E-state index in [2.05, 4.69) is 10.3 Å². The molecule has 1 heterocycles. The summed E-state index contributed by atoms with van der Waals surface area (Å²) in [4.78, 5) is 32.5. The van der Waals surface area contributed by atoms with Crippen LogP contribution in [0.1, 0.15) is 6.92 Å². The minimum absolute atomic E-state index is 0.0829. The van der Waals surface area contributed by atoms with Crippen LogP contribution in [0.25, 0.3) is 10.9 Å². The first-order chi connectivity index (χ1) is 13.0. The third kappa shape index (κ3) is 4.23. The zero-order valence-corrected chi connectivity index (χ0v) is 15.6. The largest absolute Gasteiger partial charge is 0.378 e. The summed E-state index contributed by atoms with van der Waals surface area (Å²) in [6, 6.07) is 16.9. The number of amides is 2. The third-order valence-electron chi connectivity index (χ3n) is 4.25. The number of hydrogen-bond donors (Lipinski definition) is 1. The topological polar surface area (TPSA) is 65.5 Å². The van der Waals surface area contributed by atoms with Gasteiger partial charge in [0.1, 0.15) is 6.54 Å².